The van der Waals surface area contributed by atoms with Crippen molar-refractivity contribution in [3.63, 3.8) is 0 Å². The highest BCUT2D eigenvalue weighted by atomic mass is 35.5. The first-order chi connectivity index (χ1) is 15.7. The quantitative estimate of drug-likeness (QED) is 0.437. The molecule has 1 aliphatic rings. The van der Waals surface area contributed by atoms with Gasteiger partial charge in [0.05, 0.1) is 5.71 Å². The van der Waals surface area contributed by atoms with Gasteiger partial charge in [-0.05, 0) is 54.3 Å². The lowest BCUT2D eigenvalue weighted by Crippen LogP contribution is -2.42. The third-order valence-electron chi connectivity index (χ3n) is 5.30. The Labute approximate surface area is 200 Å². The standard InChI is InChI=1S/C22H18Cl2F6N2O2/c1-12-6-14(3-2-13(12)4-5-19(33)31-11-21(25,26)27)18-10-20(34-32-18,22(28,29)30)15-7-16(23)9-17(24)8-15/h2-3,6-9H,4-5,10-11H2,1H3,(H,31,33). The van der Waals surface area contributed by atoms with Crippen molar-refractivity contribution in [3.05, 3.63) is 68.7 Å². The monoisotopic (exact) mass is 526 g/mol. The van der Waals surface area contributed by atoms with Crippen LogP contribution >= 0.6 is 23.2 Å². The van der Waals surface area contributed by atoms with Crippen molar-refractivity contribution in [1.29, 1.82) is 0 Å². The van der Waals surface area contributed by atoms with E-state index in [1.165, 1.54) is 12.1 Å². The fourth-order valence-corrected chi connectivity index (χ4v) is 4.06. The molecule has 4 nitrogen and oxygen atoms in total. The summed E-state index contributed by atoms with van der Waals surface area (Å²) in [5, 5.41) is 5.52. The van der Waals surface area contributed by atoms with Crippen LogP contribution in [-0.4, -0.2) is 30.5 Å². The second kappa shape index (κ2) is 9.65. The summed E-state index contributed by atoms with van der Waals surface area (Å²) in [5.74, 6) is -0.760. The number of carbonyl (C=O) groups excluding carboxylic acids is 1. The van der Waals surface area contributed by atoms with E-state index in [-0.39, 0.29) is 34.2 Å². The summed E-state index contributed by atoms with van der Waals surface area (Å²) in [6.45, 7) is 0.263. The van der Waals surface area contributed by atoms with Crippen LogP contribution in [0.5, 0.6) is 0 Å². The predicted octanol–water partition coefficient (Wildman–Crippen LogP) is 6.50. The van der Waals surface area contributed by atoms with Gasteiger partial charge in [-0.1, -0.05) is 40.5 Å². The fourth-order valence-electron chi connectivity index (χ4n) is 3.54. The lowest BCUT2D eigenvalue weighted by molar-refractivity contribution is -0.275. The molecule has 184 valence electrons. The van der Waals surface area contributed by atoms with Crippen LogP contribution < -0.4 is 5.32 Å². The van der Waals surface area contributed by atoms with Gasteiger partial charge in [0.2, 0.25) is 5.91 Å². The molecule has 0 saturated carbocycles. The van der Waals surface area contributed by atoms with Crippen LogP contribution in [0.2, 0.25) is 10.0 Å². The Morgan fingerprint density at radius 2 is 1.74 bits per heavy atom. The summed E-state index contributed by atoms with van der Waals surface area (Å²) < 4.78 is 78.9. The second-order valence-corrected chi connectivity index (χ2v) is 8.69. The van der Waals surface area contributed by atoms with E-state index < -0.39 is 36.8 Å². The number of hydrogen-bond donors (Lipinski definition) is 1. The molecule has 12 heteroatoms. The molecule has 1 heterocycles. The summed E-state index contributed by atoms with van der Waals surface area (Å²) in [7, 11) is 0. The van der Waals surface area contributed by atoms with Crippen molar-refractivity contribution in [2.45, 2.75) is 44.1 Å². The Balaban J connectivity index is 1.76. The van der Waals surface area contributed by atoms with E-state index in [9.17, 15) is 31.1 Å². The van der Waals surface area contributed by atoms with E-state index >= 15 is 0 Å². The molecule has 3 rings (SSSR count). The second-order valence-electron chi connectivity index (χ2n) is 7.82. The van der Waals surface area contributed by atoms with Gasteiger partial charge >= 0.3 is 12.4 Å². The van der Waals surface area contributed by atoms with Gasteiger partial charge in [0.1, 0.15) is 6.54 Å². The van der Waals surface area contributed by atoms with Crippen LogP contribution in [0, 0.1) is 6.92 Å². The number of carbonyl (C=O) groups is 1. The number of hydrogen-bond acceptors (Lipinski definition) is 3. The average molecular weight is 527 g/mol. The van der Waals surface area contributed by atoms with Crippen molar-refractivity contribution in [3.8, 4) is 0 Å². The van der Waals surface area contributed by atoms with Gasteiger partial charge in [-0.2, -0.15) is 26.3 Å². The average Bonchev–Trinajstić information content (AvgIpc) is 3.17. The maximum atomic E-state index is 14.1. The van der Waals surface area contributed by atoms with E-state index in [1.807, 2.05) is 0 Å². The van der Waals surface area contributed by atoms with Crippen LogP contribution in [0.25, 0.3) is 0 Å². The highest BCUT2D eigenvalue weighted by molar-refractivity contribution is 6.34. The minimum atomic E-state index is -4.83. The van der Waals surface area contributed by atoms with Gasteiger partial charge in [0.15, 0.2) is 0 Å². The Bertz CT molecular complexity index is 1100. The number of oxime groups is 1. The van der Waals surface area contributed by atoms with Crippen LogP contribution in [0.15, 0.2) is 41.6 Å². The van der Waals surface area contributed by atoms with Gasteiger partial charge in [-0.25, -0.2) is 0 Å². The van der Waals surface area contributed by atoms with Crippen LogP contribution in [0.3, 0.4) is 0 Å². The Morgan fingerprint density at radius 3 is 2.29 bits per heavy atom. The Morgan fingerprint density at radius 1 is 1.09 bits per heavy atom. The maximum Gasteiger partial charge on any atom is 0.435 e. The summed E-state index contributed by atoms with van der Waals surface area (Å²) in [5.41, 5.74) is -1.32. The zero-order valence-corrected chi connectivity index (χ0v) is 19.1. The normalized spacial score (nSPS) is 18.4. The number of nitrogens with zero attached hydrogens (tertiary/aromatic N) is 1. The van der Waals surface area contributed by atoms with E-state index in [1.54, 1.807) is 24.4 Å². The maximum absolute atomic E-state index is 14.1. The smallest absolute Gasteiger partial charge is 0.374 e. The summed E-state index contributed by atoms with van der Waals surface area (Å²) in [6.07, 6.45) is -9.96. The number of alkyl halides is 6. The number of halogens is 8. The van der Waals surface area contributed by atoms with Crippen LogP contribution in [0.4, 0.5) is 26.3 Å². The van der Waals surface area contributed by atoms with E-state index in [0.717, 1.165) is 12.1 Å². The van der Waals surface area contributed by atoms with Gasteiger partial charge in [-0.15, -0.1) is 0 Å². The molecule has 34 heavy (non-hydrogen) atoms. The van der Waals surface area contributed by atoms with Crippen molar-refractivity contribution < 1.29 is 36.0 Å². The predicted molar refractivity (Wildman–Crippen MR) is 115 cm³/mol. The molecular weight excluding hydrogens is 509 g/mol. The van der Waals surface area contributed by atoms with E-state index in [0.29, 0.717) is 16.7 Å². The third kappa shape index (κ3) is 5.96. The fraction of sp³-hybridized carbons (Fsp3) is 0.364. The first-order valence-corrected chi connectivity index (χ1v) is 10.7. The van der Waals surface area contributed by atoms with Crippen molar-refractivity contribution >= 4 is 34.8 Å². The molecule has 1 unspecified atom stereocenters. The molecule has 1 amide bonds. The van der Waals surface area contributed by atoms with E-state index in [4.69, 9.17) is 28.0 Å². The lowest BCUT2D eigenvalue weighted by atomic mass is 9.86. The third-order valence-corrected chi connectivity index (χ3v) is 5.73. The summed E-state index contributed by atoms with van der Waals surface area (Å²) in [4.78, 5) is 16.6. The van der Waals surface area contributed by atoms with Crippen molar-refractivity contribution in [2.75, 3.05) is 6.54 Å². The summed E-state index contributed by atoms with van der Waals surface area (Å²) >= 11 is 11.8. The molecule has 0 bridgehead atoms. The number of nitrogens with one attached hydrogen (secondary N) is 1. The SMILES string of the molecule is Cc1cc(C2=NOC(c3cc(Cl)cc(Cl)c3)(C(F)(F)F)C2)ccc1CCC(=O)NCC(F)(F)F. The molecule has 0 radical (unpaired) electrons. The highest BCUT2D eigenvalue weighted by Crippen LogP contribution is 2.49. The van der Waals surface area contributed by atoms with Crippen LogP contribution in [-0.2, 0) is 21.7 Å². The van der Waals surface area contributed by atoms with Crippen molar-refractivity contribution in [2.24, 2.45) is 5.16 Å². The first-order valence-electron chi connectivity index (χ1n) is 9.92. The van der Waals surface area contributed by atoms with E-state index in [2.05, 4.69) is 5.16 Å². The van der Waals surface area contributed by atoms with Gasteiger partial charge in [0, 0.05) is 28.5 Å². The largest absolute Gasteiger partial charge is 0.435 e. The van der Waals surface area contributed by atoms with Gasteiger partial charge in [-0.3, -0.25) is 4.79 Å². The molecule has 0 spiro atoms. The van der Waals surface area contributed by atoms with Gasteiger partial charge in [0.25, 0.3) is 5.60 Å². The molecule has 0 fully saturated rings. The molecule has 2 aromatic rings. The molecule has 1 N–H and O–H groups in total. The molecule has 0 aromatic heterocycles. The molecule has 1 aliphatic heterocycles. The Kier molecular flexibility index (Phi) is 7.43. The minimum absolute atomic E-state index is 0.0163. The molecule has 0 saturated heterocycles. The number of benzene rings is 2. The Hall–Kier alpha value is -2.46. The topological polar surface area (TPSA) is 50.7 Å². The molecule has 0 aliphatic carbocycles. The minimum Gasteiger partial charge on any atom is -0.374 e. The highest BCUT2D eigenvalue weighted by Gasteiger charge is 2.62. The number of aryl methyl sites for hydroxylation is 2. The first kappa shape index (κ1) is 26.2. The zero-order valence-electron chi connectivity index (χ0n) is 17.6. The molecular formula is C22H18Cl2F6N2O2. The molecule has 2 aromatic carbocycles. The molecule has 1 atom stereocenters. The zero-order chi connectivity index (χ0) is 25.3. The number of amides is 1. The summed E-state index contributed by atoms with van der Waals surface area (Å²) in [6, 6.07) is 8.25. The lowest BCUT2D eigenvalue weighted by Gasteiger charge is -2.29. The van der Waals surface area contributed by atoms with Gasteiger partial charge < -0.3 is 10.2 Å². The number of rotatable bonds is 6. The van der Waals surface area contributed by atoms with Crippen LogP contribution in [0.1, 0.15) is 35.1 Å². The van der Waals surface area contributed by atoms with Crippen molar-refractivity contribution in [1.82, 2.24) is 5.32 Å².